The van der Waals surface area contributed by atoms with Gasteiger partial charge in [-0.25, -0.2) is 0 Å². The molecule has 1 N–H and O–H groups in total. The molecule has 1 aliphatic rings. The summed E-state index contributed by atoms with van der Waals surface area (Å²) in [5.74, 6) is 2.40. The van der Waals surface area contributed by atoms with Crippen LogP contribution in [0.3, 0.4) is 0 Å². The average molecular weight is 367 g/mol. The van der Waals surface area contributed by atoms with Gasteiger partial charge >= 0.3 is 0 Å². The van der Waals surface area contributed by atoms with E-state index in [2.05, 4.69) is 51.6 Å². The largest absolute Gasteiger partial charge is 0.497 e. The quantitative estimate of drug-likeness (QED) is 0.628. The fraction of sp³-hybridized carbons (Fsp3) is 0.409. The van der Waals surface area contributed by atoms with Crippen molar-refractivity contribution in [1.82, 2.24) is 10.2 Å². The minimum atomic E-state index is 0.530. The molecule has 1 unspecified atom stereocenters. The molecule has 0 bridgehead atoms. The van der Waals surface area contributed by atoms with Gasteiger partial charge in [0, 0.05) is 39.7 Å². The zero-order valence-electron chi connectivity index (χ0n) is 16.4. The van der Waals surface area contributed by atoms with Crippen LogP contribution in [0.15, 0.2) is 53.5 Å². The third-order valence-electron chi connectivity index (χ3n) is 5.07. The summed E-state index contributed by atoms with van der Waals surface area (Å²) in [6, 6.07) is 16.9. The van der Waals surface area contributed by atoms with Crippen molar-refractivity contribution >= 4 is 5.96 Å². The van der Waals surface area contributed by atoms with Gasteiger partial charge in [-0.15, -0.1) is 0 Å². The number of rotatable bonds is 6. The molecule has 1 saturated heterocycles. The number of hydrogen-bond acceptors (Lipinski definition) is 3. The Morgan fingerprint density at radius 2 is 1.78 bits per heavy atom. The Morgan fingerprint density at radius 3 is 2.41 bits per heavy atom. The molecule has 1 heterocycles. The van der Waals surface area contributed by atoms with E-state index in [1.165, 1.54) is 16.7 Å². The van der Waals surface area contributed by atoms with Gasteiger partial charge in [0.05, 0.1) is 13.7 Å². The van der Waals surface area contributed by atoms with E-state index in [1.54, 1.807) is 14.2 Å². The van der Waals surface area contributed by atoms with Gasteiger partial charge in [0.15, 0.2) is 5.96 Å². The number of aliphatic imine (C=N–C) groups is 1. The molecule has 27 heavy (non-hydrogen) atoms. The van der Waals surface area contributed by atoms with Gasteiger partial charge < -0.3 is 19.7 Å². The van der Waals surface area contributed by atoms with E-state index < -0.39 is 0 Å². The molecule has 2 aromatic rings. The number of benzene rings is 2. The van der Waals surface area contributed by atoms with Crippen molar-refractivity contribution < 1.29 is 9.47 Å². The molecule has 1 fully saturated rings. The van der Waals surface area contributed by atoms with Crippen LogP contribution in [0.5, 0.6) is 5.75 Å². The van der Waals surface area contributed by atoms with Crippen molar-refractivity contribution in [2.75, 3.05) is 34.4 Å². The van der Waals surface area contributed by atoms with E-state index in [-0.39, 0.29) is 0 Å². The summed E-state index contributed by atoms with van der Waals surface area (Å²) in [5, 5.41) is 3.49. The van der Waals surface area contributed by atoms with Gasteiger partial charge in [0.25, 0.3) is 0 Å². The number of guanidine groups is 1. The third-order valence-corrected chi connectivity index (χ3v) is 5.07. The molecule has 0 radical (unpaired) electrons. The highest BCUT2D eigenvalue weighted by Gasteiger charge is 2.26. The molecular formula is C22H29N3O2. The molecule has 0 aromatic heterocycles. The first-order valence-corrected chi connectivity index (χ1v) is 9.39. The van der Waals surface area contributed by atoms with Gasteiger partial charge in [0.2, 0.25) is 0 Å². The van der Waals surface area contributed by atoms with E-state index in [1.807, 2.05) is 19.2 Å². The Hall–Kier alpha value is -2.53. The van der Waals surface area contributed by atoms with Crippen molar-refractivity contribution in [2.24, 2.45) is 4.99 Å². The first-order chi connectivity index (χ1) is 13.2. The lowest BCUT2D eigenvalue weighted by Gasteiger charge is -2.22. The smallest absolute Gasteiger partial charge is 0.193 e. The molecule has 144 valence electrons. The molecule has 2 aromatic carbocycles. The fourth-order valence-corrected chi connectivity index (χ4v) is 3.53. The minimum Gasteiger partial charge on any atom is -0.497 e. The third kappa shape index (κ3) is 5.01. The number of nitrogens with zero attached hydrogens (tertiary/aromatic N) is 2. The monoisotopic (exact) mass is 367 g/mol. The molecule has 0 saturated carbocycles. The van der Waals surface area contributed by atoms with Gasteiger partial charge in [-0.3, -0.25) is 4.99 Å². The predicted octanol–water partition coefficient (Wildman–Crippen LogP) is 3.41. The molecule has 5 nitrogen and oxygen atoms in total. The second-order valence-corrected chi connectivity index (χ2v) is 6.86. The number of methoxy groups -OCH3 is 2. The van der Waals surface area contributed by atoms with E-state index in [9.17, 15) is 0 Å². The van der Waals surface area contributed by atoms with Crippen LogP contribution < -0.4 is 10.1 Å². The van der Waals surface area contributed by atoms with Crippen LogP contribution in [0.2, 0.25) is 0 Å². The maximum Gasteiger partial charge on any atom is 0.193 e. The number of likely N-dealkylation sites (tertiary alicyclic amines) is 1. The fourth-order valence-electron chi connectivity index (χ4n) is 3.53. The van der Waals surface area contributed by atoms with Crippen LogP contribution in [0.4, 0.5) is 0 Å². The zero-order chi connectivity index (χ0) is 19.1. The van der Waals surface area contributed by atoms with Crippen molar-refractivity contribution in [1.29, 1.82) is 0 Å². The Kier molecular flexibility index (Phi) is 6.71. The topological polar surface area (TPSA) is 46.1 Å². The molecule has 1 aliphatic heterocycles. The lowest BCUT2D eigenvalue weighted by Crippen LogP contribution is -2.39. The molecule has 5 heteroatoms. The van der Waals surface area contributed by atoms with Gasteiger partial charge in [-0.2, -0.15) is 0 Å². The van der Waals surface area contributed by atoms with Gasteiger partial charge in [-0.05, 0) is 35.2 Å². The van der Waals surface area contributed by atoms with Crippen LogP contribution in [-0.2, 0) is 17.9 Å². The second-order valence-electron chi connectivity index (χ2n) is 6.86. The first-order valence-electron chi connectivity index (χ1n) is 9.39. The summed E-state index contributed by atoms with van der Waals surface area (Å²) in [5.41, 5.74) is 3.79. The molecular weight excluding hydrogens is 338 g/mol. The lowest BCUT2D eigenvalue weighted by atomic mass is 9.98. The van der Waals surface area contributed by atoms with Crippen molar-refractivity contribution in [3.8, 4) is 5.75 Å². The Labute approximate surface area is 162 Å². The molecule has 0 spiro atoms. The predicted molar refractivity (Wildman–Crippen MR) is 109 cm³/mol. The zero-order valence-corrected chi connectivity index (χ0v) is 16.4. The summed E-state index contributed by atoms with van der Waals surface area (Å²) < 4.78 is 10.4. The van der Waals surface area contributed by atoms with Gasteiger partial charge in [-0.1, -0.05) is 36.4 Å². The van der Waals surface area contributed by atoms with Crippen LogP contribution in [0.1, 0.15) is 29.0 Å². The number of ether oxygens (including phenoxy) is 2. The van der Waals surface area contributed by atoms with Crippen LogP contribution in [-0.4, -0.2) is 45.2 Å². The minimum absolute atomic E-state index is 0.530. The van der Waals surface area contributed by atoms with E-state index in [4.69, 9.17) is 9.47 Å². The Bertz CT molecular complexity index is 741. The second kappa shape index (κ2) is 9.42. The van der Waals surface area contributed by atoms with Crippen molar-refractivity contribution in [3.05, 3.63) is 65.2 Å². The van der Waals surface area contributed by atoms with Crippen LogP contribution in [0, 0.1) is 0 Å². The molecule has 0 aliphatic carbocycles. The maximum atomic E-state index is 5.26. The Balaban J connectivity index is 1.54. The van der Waals surface area contributed by atoms with Crippen molar-refractivity contribution in [2.45, 2.75) is 25.5 Å². The number of nitrogens with one attached hydrogen (secondary N) is 1. The molecule has 0 amide bonds. The van der Waals surface area contributed by atoms with Crippen LogP contribution in [0.25, 0.3) is 0 Å². The summed E-state index contributed by atoms with van der Waals surface area (Å²) in [7, 11) is 5.27. The standard InChI is InChI=1S/C22H29N3O2/c1-23-22(24-14-17-4-6-18(7-5-17)16-26-2)25-13-12-20(15-25)19-8-10-21(27-3)11-9-19/h4-11,20H,12-16H2,1-3H3,(H,23,24). The van der Waals surface area contributed by atoms with Crippen molar-refractivity contribution in [3.63, 3.8) is 0 Å². The van der Waals surface area contributed by atoms with Crippen LogP contribution >= 0.6 is 0 Å². The molecule has 1 atom stereocenters. The lowest BCUT2D eigenvalue weighted by molar-refractivity contribution is 0.185. The summed E-state index contributed by atoms with van der Waals surface area (Å²) in [4.78, 5) is 6.82. The van der Waals surface area contributed by atoms with E-state index in [0.29, 0.717) is 12.5 Å². The first kappa shape index (κ1) is 19.2. The highest BCUT2D eigenvalue weighted by Crippen LogP contribution is 2.28. The van der Waals surface area contributed by atoms with Gasteiger partial charge in [0.1, 0.15) is 5.75 Å². The highest BCUT2D eigenvalue weighted by molar-refractivity contribution is 5.80. The normalized spacial score (nSPS) is 17.2. The summed E-state index contributed by atoms with van der Waals surface area (Å²) in [6.45, 7) is 3.42. The highest BCUT2D eigenvalue weighted by atomic mass is 16.5. The Morgan fingerprint density at radius 1 is 1.07 bits per heavy atom. The molecule has 3 rings (SSSR count). The average Bonchev–Trinajstić information content (AvgIpc) is 3.20. The number of hydrogen-bond donors (Lipinski definition) is 1. The van der Waals surface area contributed by atoms with E-state index in [0.717, 1.165) is 37.8 Å². The van der Waals surface area contributed by atoms with E-state index >= 15 is 0 Å². The summed E-state index contributed by atoms with van der Waals surface area (Å²) in [6.07, 6.45) is 1.14. The maximum absolute atomic E-state index is 5.26. The summed E-state index contributed by atoms with van der Waals surface area (Å²) >= 11 is 0. The SMILES string of the molecule is CN=C(NCc1ccc(COC)cc1)N1CCC(c2ccc(OC)cc2)C1.